The Morgan fingerprint density at radius 2 is 1.29 bits per heavy atom. The maximum absolute atomic E-state index is 6.77. The van der Waals surface area contributed by atoms with Crippen molar-refractivity contribution < 1.29 is 4.74 Å². The van der Waals surface area contributed by atoms with Crippen molar-refractivity contribution in [1.82, 2.24) is 0 Å². The standard InChI is InChI=1S/C40H64O/c1-5-9-11-14-32-16-18-33(19-17-32)30-41-40-37(13-8-4)28-39(29-38(40)15-10-6-2)36-26-24-35(25-27-36)34-22-20-31(12-7-3)21-23-34/h6,8,10,28-29,31-36H,4-5,7,9,11-27,30H2,1-3H3/b10-6+. The summed E-state index contributed by atoms with van der Waals surface area (Å²) >= 11 is 0. The Balaban J connectivity index is 1.37. The molecule has 0 heterocycles. The predicted octanol–water partition coefficient (Wildman–Crippen LogP) is 12.2. The maximum Gasteiger partial charge on any atom is 0.126 e. The zero-order chi connectivity index (χ0) is 28.9. The second-order valence-electron chi connectivity index (χ2n) is 14.3. The number of rotatable bonds is 15. The van der Waals surface area contributed by atoms with Gasteiger partial charge < -0.3 is 4.74 Å². The van der Waals surface area contributed by atoms with E-state index in [1.54, 1.807) is 5.56 Å². The van der Waals surface area contributed by atoms with E-state index in [1.807, 2.05) is 0 Å². The molecule has 41 heavy (non-hydrogen) atoms. The van der Waals surface area contributed by atoms with Crippen molar-refractivity contribution in [2.45, 2.75) is 155 Å². The molecular weight excluding hydrogens is 496 g/mol. The van der Waals surface area contributed by atoms with E-state index >= 15 is 0 Å². The number of benzene rings is 1. The molecule has 230 valence electrons. The molecule has 0 N–H and O–H groups in total. The zero-order valence-corrected chi connectivity index (χ0v) is 27.3. The first-order valence-corrected chi connectivity index (χ1v) is 18.1. The quantitative estimate of drug-likeness (QED) is 0.153. The number of ether oxygens (including phenoxy) is 1. The fourth-order valence-electron chi connectivity index (χ4n) is 8.76. The van der Waals surface area contributed by atoms with Crippen LogP contribution in [-0.2, 0) is 12.8 Å². The molecule has 0 amide bonds. The van der Waals surface area contributed by atoms with E-state index in [1.165, 1.54) is 132 Å². The first-order chi connectivity index (χ1) is 20.1. The fourth-order valence-corrected chi connectivity index (χ4v) is 8.76. The van der Waals surface area contributed by atoms with Gasteiger partial charge in [-0.25, -0.2) is 0 Å². The van der Waals surface area contributed by atoms with Crippen molar-refractivity contribution in [3.8, 4) is 5.75 Å². The van der Waals surface area contributed by atoms with Crippen molar-refractivity contribution >= 4 is 0 Å². The van der Waals surface area contributed by atoms with E-state index in [-0.39, 0.29) is 0 Å². The molecule has 0 saturated heterocycles. The van der Waals surface area contributed by atoms with Crippen LogP contribution in [0.4, 0.5) is 0 Å². The Bertz CT molecular complexity index is 903. The summed E-state index contributed by atoms with van der Waals surface area (Å²) < 4.78 is 6.77. The van der Waals surface area contributed by atoms with E-state index in [2.05, 4.69) is 57.7 Å². The van der Waals surface area contributed by atoms with Crippen LogP contribution < -0.4 is 4.74 Å². The van der Waals surface area contributed by atoms with Crippen LogP contribution in [0.25, 0.3) is 0 Å². The van der Waals surface area contributed by atoms with Gasteiger partial charge in [-0.15, -0.1) is 6.58 Å². The van der Waals surface area contributed by atoms with Crippen molar-refractivity contribution in [1.29, 1.82) is 0 Å². The summed E-state index contributed by atoms with van der Waals surface area (Å²) in [6, 6.07) is 5.05. The molecule has 0 atom stereocenters. The molecule has 3 aliphatic rings. The summed E-state index contributed by atoms with van der Waals surface area (Å²) in [5.74, 6) is 6.58. The van der Waals surface area contributed by atoms with Gasteiger partial charge in [0.25, 0.3) is 0 Å². The third-order valence-corrected chi connectivity index (χ3v) is 11.3. The van der Waals surface area contributed by atoms with Gasteiger partial charge in [-0.2, -0.15) is 0 Å². The summed E-state index contributed by atoms with van der Waals surface area (Å²) in [5, 5.41) is 0. The minimum atomic E-state index is 0.715. The highest BCUT2D eigenvalue weighted by Crippen LogP contribution is 2.45. The molecule has 1 aromatic rings. The Morgan fingerprint density at radius 1 is 0.707 bits per heavy atom. The Hall–Kier alpha value is -1.50. The van der Waals surface area contributed by atoms with Gasteiger partial charge in [-0.05, 0) is 123 Å². The fraction of sp³-hybridized carbons (Fsp3) is 0.750. The summed E-state index contributed by atoms with van der Waals surface area (Å²) in [6.45, 7) is 11.8. The van der Waals surface area contributed by atoms with E-state index in [0.717, 1.165) is 49.0 Å². The molecule has 0 radical (unpaired) electrons. The van der Waals surface area contributed by atoms with Gasteiger partial charge in [0.2, 0.25) is 0 Å². The normalized spacial score (nSPS) is 29.0. The Kier molecular flexibility index (Phi) is 13.9. The molecular formula is C40H64O. The maximum atomic E-state index is 6.77. The van der Waals surface area contributed by atoms with E-state index in [4.69, 9.17) is 4.74 Å². The van der Waals surface area contributed by atoms with Crippen LogP contribution in [0, 0.1) is 29.6 Å². The molecule has 0 aliphatic heterocycles. The molecule has 1 nitrogen and oxygen atoms in total. The van der Waals surface area contributed by atoms with Crippen molar-refractivity contribution in [3.63, 3.8) is 0 Å². The summed E-state index contributed by atoms with van der Waals surface area (Å²) in [4.78, 5) is 0. The predicted molar refractivity (Wildman–Crippen MR) is 179 cm³/mol. The monoisotopic (exact) mass is 560 g/mol. The van der Waals surface area contributed by atoms with Crippen LogP contribution in [0.2, 0.25) is 0 Å². The van der Waals surface area contributed by atoms with Crippen LogP contribution in [0.1, 0.15) is 159 Å². The third kappa shape index (κ3) is 9.76. The van der Waals surface area contributed by atoms with Crippen molar-refractivity contribution in [3.05, 3.63) is 53.6 Å². The third-order valence-electron chi connectivity index (χ3n) is 11.3. The lowest BCUT2D eigenvalue weighted by molar-refractivity contribution is 0.156. The number of hydrogen-bond donors (Lipinski definition) is 0. The summed E-state index contributed by atoms with van der Waals surface area (Å²) in [5.41, 5.74) is 4.36. The molecule has 1 aromatic carbocycles. The second-order valence-corrected chi connectivity index (χ2v) is 14.3. The van der Waals surface area contributed by atoms with Crippen molar-refractivity contribution in [2.75, 3.05) is 6.61 Å². The molecule has 3 saturated carbocycles. The molecule has 0 bridgehead atoms. The van der Waals surface area contributed by atoms with Crippen LogP contribution in [0.3, 0.4) is 0 Å². The minimum absolute atomic E-state index is 0.715. The van der Waals surface area contributed by atoms with Gasteiger partial charge in [0.15, 0.2) is 0 Å². The van der Waals surface area contributed by atoms with Crippen LogP contribution >= 0.6 is 0 Å². The number of allylic oxidation sites excluding steroid dienone is 3. The highest BCUT2D eigenvalue weighted by molar-refractivity contribution is 5.47. The van der Waals surface area contributed by atoms with Gasteiger partial charge >= 0.3 is 0 Å². The largest absolute Gasteiger partial charge is 0.493 e. The number of unbranched alkanes of at least 4 members (excludes halogenated alkanes) is 2. The molecule has 4 rings (SSSR count). The first-order valence-electron chi connectivity index (χ1n) is 18.1. The average Bonchev–Trinajstić information content (AvgIpc) is 3.01. The van der Waals surface area contributed by atoms with E-state index in [9.17, 15) is 0 Å². The molecule has 0 spiro atoms. The lowest BCUT2D eigenvalue weighted by Gasteiger charge is -2.38. The Morgan fingerprint density at radius 3 is 1.90 bits per heavy atom. The topological polar surface area (TPSA) is 9.23 Å². The summed E-state index contributed by atoms with van der Waals surface area (Å²) in [7, 11) is 0. The summed E-state index contributed by atoms with van der Waals surface area (Å²) in [6.07, 6.45) is 34.1. The highest BCUT2D eigenvalue weighted by Gasteiger charge is 2.31. The van der Waals surface area contributed by atoms with Crippen LogP contribution in [0.5, 0.6) is 5.75 Å². The molecule has 0 aromatic heterocycles. The van der Waals surface area contributed by atoms with Gasteiger partial charge in [0.1, 0.15) is 5.75 Å². The van der Waals surface area contributed by atoms with Crippen LogP contribution in [0.15, 0.2) is 36.9 Å². The van der Waals surface area contributed by atoms with Gasteiger partial charge in [-0.3, -0.25) is 0 Å². The average molecular weight is 561 g/mol. The molecule has 3 aliphatic carbocycles. The lowest BCUT2D eigenvalue weighted by atomic mass is 9.68. The smallest absolute Gasteiger partial charge is 0.126 e. The van der Waals surface area contributed by atoms with Gasteiger partial charge in [-0.1, -0.05) is 108 Å². The molecule has 0 unspecified atom stereocenters. The van der Waals surface area contributed by atoms with Crippen molar-refractivity contribution in [2.24, 2.45) is 29.6 Å². The molecule has 1 heteroatoms. The minimum Gasteiger partial charge on any atom is -0.493 e. The number of hydrogen-bond acceptors (Lipinski definition) is 1. The SMILES string of the molecule is C=CCc1cc(C2CCC(C3CCC(CCC)CC3)CC2)cc(C/C=C/C)c1OCC1CCC(CCCCC)CC1. The van der Waals surface area contributed by atoms with Crippen LogP contribution in [-0.4, -0.2) is 6.61 Å². The van der Waals surface area contributed by atoms with Gasteiger partial charge in [0, 0.05) is 0 Å². The lowest BCUT2D eigenvalue weighted by Crippen LogP contribution is -2.25. The zero-order valence-electron chi connectivity index (χ0n) is 27.3. The van der Waals surface area contributed by atoms with E-state index < -0.39 is 0 Å². The Labute approximate surface area is 255 Å². The molecule has 3 fully saturated rings. The second kappa shape index (κ2) is 17.6. The first kappa shape index (κ1) is 32.4. The highest BCUT2D eigenvalue weighted by atomic mass is 16.5. The van der Waals surface area contributed by atoms with Gasteiger partial charge in [0.05, 0.1) is 6.61 Å². The van der Waals surface area contributed by atoms with E-state index in [0.29, 0.717) is 5.92 Å².